The fourth-order valence-corrected chi connectivity index (χ4v) is 2.08. The third kappa shape index (κ3) is 4.88. The summed E-state index contributed by atoms with van der Waals surface area (Å²) < 4.78 is 7.31. The topological polar surface area (TPSA) is 39.1 Å². The quantitative estimate of drug-likeness (QED) is 0.668. The number of aromatic nitrogens is 2. The zero-order valence-corrected chi connectivity index (χ0v) is 11.3. The van der Waals surface area contributed by atoms with Crippen LogP contribution in [0.15, 0.2) is 12.4 Å². The molecule has 4 nitrogen and oxygen atoms in total. The molecule has 1 N–H and O–H groups in total. The Labute approximate surface area is 104 Å². The van der Waals surface area contributed by atoms with Gasteiger partial charge in [0.1, 0.15) is 5.82 Å². The van der Waals surface area contributed by atoms with Gasteiger partial charge in [-0.2, -0.15) is 0 Å². The number of ether oxygens (including phenoxy) is 1. The summed E-state index contributed by atoms with van der Waals surface area (Å²) in [6.45, 7) is 7.13. The average Bonchev–Trinajstić information content (AvgIpc) is 2.77. The van der Waals surface area contributed by atoms with Gasteiger partial charge in [0.25, 0.3) is 0 Å². The Bertz CT molecular complexity index is 299. The maximum Gasteiger partial charge on any atom is 0.110 e. The fraction of sp³-hybridized carbons (Fsp3) is 0.769. The summed E-state index contributed by atoms with van der Waals surface area (Å²) in [5, 5.41) is 3.52. The van der Waals surface area contributed by atoms with Crippen molar-refractivity contribution in [3.63, 3.8) is 0 Å². The second-order valence-electron chi connectivity index (χ2n) is 4.22. The zero-order valence-electron chi connectivity index (χ0n) is 11.3. The van der Waals surface area contributed by atoms with E-state index in [1.807, 2.05) is 12.4 Å². The number of aryl methyl sites for hydroxylation is 1. The van der Waals surface area contributed by atoms with Gasteiger partial charge in [0.15, 0.2) is 0 Å². The lowest BCUT2D eigenvalue weighted by Gasteiger charge is -2.17. The first kappa shape index (κ1) is 14.2. The largest absolute Gasteiger partial charge is 0.385 e. The number of hydrogen-bond donors (Lipinski definition) is 1. The summed E-state index contributed by atoms with van der Waals surface area (Å²) in [5.41, 5.74) is 0. The first-order valence-corrected chi connectivity index (χ1v) is 6.54. The highest BCUT2D eigenvalue weighted by Gasteiger charge is 2.11. The van der Waals surface area contributed by atoms with Crippen molar-refractivity contribution in [1.29, 1.82) is 0 Å². The molecule has 0 saturated heterocycles. The molecule has 0 aliphatic heterocycles. The van der Waals surface area contributed by atoms with E-state index in [1.54, 1.807) is 7.11 Å². The first-order valence-electron chi connectivity index (χ1n) is 6.54. The molecule has 0 aliphatic rings. The third-order valence-electron chi connectivity index (χ3n) is 2.97. The molecule has 0 spiro atoms. The van der Waals surface area contributed by atoms with Crippen molar-refractivity contribution in [3.8, 4) is 0 Å². The Balaban J connectivity index is 2.47. The molecule has 0 aromatic carbocycles. The Morgan fingerprint density at radius 1 is 1.47 bits per heavy atom. The number of methoxy groups -OCH3 is 1. The molecule has 1 heterocycles. The lowest BCUT2D eigenvalue weighted by Crippen LogP contribution is -2.32. The van der Waals surface area contributed by atoms with Gasteiger partial charge >= 0.3 is 0 Å². The van der Waals surface area contributed by atoms with E-state index in [0.29, 0.717) is 6.04 Å². The van der Waals surface area contributed by atoms with Crippen LogP contribution >= 0.6 is 0 Å². The van der Waals surface area contributed by atoms with Crippen LogP contribution in [-0.4, -0.2) is 35.9 Å². The minimum Gasteiger partial charge on any atom is -0.385 e. The van der Waals surface area contributed by atoms with Gasteiger partial charge in [-0.05, 0) is 26.3 Å². The van der Waals surface area contributed by atoms with Crippen molar-refractivity contribution in [3.05, 3.63) is 18.2 Å². The van der Waals surface area contributed by atoms with Gasteiger partial charge in [0.05, 0.1) is 0 Å². The second-order valence-corrected chi connectivity index (χ2v) is 4.22. The van der Waals surface area contributed by atoms with Gasteiger partial charge in [-0.15, -0.1) is 0 Å². The monoisotopic (exact) mass is 239 g/mol. The predicted octanol–water partition coefficient (Wildman–Crippen LogP) is 1.85. The Hall–Kier alpha value is -0.870. The number of hydrogen-bond acceptors (Lipinski definition) is 3. The smallest absolute Gasteiger partial charge is 0.110 e. The molecule has 0 radical (unpaired) electrons. The molecule has 1 unspecified atom stereocenters. The Kier molecular flexibility index (Phi) is 6.89. The summed E-state index contributed by atoms with van der Waals surface area (Å²) in [7, 11) is 1.76. The lowest BCUT2D eigenvalue weighted by molar-refractivity contribution is 0.188. The van der Waals surface area contributed by atoms with E-state index in [0.717, 1.165) is 39.0 Å². The molecule has 0 aliphatic carbocycles. The van der Waals surface area contributed by atoms with Crippen LogP contribution < -0.4 is 5.32 Å². The summed E-state index contributed by atoms with van der Waals surface area (Å²) in [6.07, 6.45) is 7.17. The second kappa shape index (κ2) is 8.25. The van der Waals surface area contributed by atoms with Crippen molar-refractivity contribution in [2.45, 2.75) is 45.7 Å². The molecule has 17 heavy (non-hydrogen) atoms. The third-order valence-corrected chi connectivity index (χ3v) is 2.97. The van der Waals surface area contributed by atoms with E-state index in [4.69, 9.17) is 4.74 Å². The van der Waals surface area contributed by atoms with Gasteiger partial charge in [0, 0.05) is 45.1 Å². The highest BCUT2D eigenvalue weighted by molar-refractivity contribution is 4.95. The average molecular weight is 239 g/mol. The number of rotatable bonds is 9. The number of imidazole rings is 1. The van der Waals surface area contributed by atoms with Crippen LogP contribution in [0.4, 0.5) is 0 Å². The Morgan fingerprint density at radius 3 is 2.94 bits per heavy atom. The van der Waals surface area contributed by atoms with Crippen LogP contribution in [0.3, 0.4) is 0 Å². The predicted molar refractivity (Wildman–Crippen MR) is 70.2 cm³/mol. The molecule has 0 saturated carbocycles. The normalized spacial score (nSPS) is 12.9. The molecule has 1 atom stereocenters. The van der Waals surface area contributed by atoms with Crippen LogP contribution in [0.1, 0.15) is 32.5 Å². The molecule has 1 aromatic heterocycles. The van der Waals surface area contributed by atoms with Gasteiger partial charge < -0.3 is 14.6 Å². The van der Waals surface area contributed by atoms with Gasteiger partial charge in [-0.3, -0.25) is 0 Å². The molecule has 0 fully saturated rings. The Morgan fingerprint density at radius 2 is 2.29 bits per heavy atom. The maximum absolute atomic E-state index is 5.10. The first-order chi connectivity index (χ1) is 8.31. The van der Waals surface area contributed by atoms with E-state index < -0.39 is 0 Å². The molecule has 0 amide bonds. The van der Waals surface area contributed by atoms with E-state index in [2.05, 4.69) is 28.7 Å². The van der Waals surface area contributed by atoms with Crippen LogP contribution in [0.2, 0.25) is 0 Å². The van der Waals surface area contributed by atoms with Crippen molar-refractivity contribution >= 4 is 0 Å². The molecule has 0 bridgehead atoms. The van der Waals surface area contributed by atoms with Crippen LogP contribution in [0.25, 0.3) is 0 Å². The van der Waals surface area contributed by atoms with Crippen LogP contribution in [0, 0.1) is 0 Å². The van der Waals surface area contributed by atoms with Gasteiger partial charge in [0.2, 0.25) is 0 Å². The molecule has 1 rings (SSSR count). The fourth-order valence-electron chi connectivity index (χ4n) is 2.08. The van der Waals surface area contributed by atoms with Crippen molar-refractivity contribution in [2.24, 2.45) is 0 Å². The minimum atomic E-state index is 0.503. The van der Waals surface area contributed by atoms with Crippen LogP contribution in [0.5, 0.6) is 0 Å². The summed E-state index contributed by atoms with van der Waals surface area (Å²) in [6, 6.07) is 0.503. The summed E-state index contributed by atoms with van der Waals surface area (Å²) >= 11 is 0. The van der Waals surface area contributed by atoms with E-state index in [1.165, 1.54) is 5.82 Å². The summed E-state index contributed by atoms with van der Waals surface area (Å²) in [5.74, 6) is 1.18. The standard InChI is InChI=1S/C13H25N3O/c1-4-14-12(7-6-10-17-3)11-13-15-8-9-16(13)5-2/h8-9,12,14H,4-7,10-11H2,1-3H3. The SMILES string of the molecule is CCNC(CCCOC)Cc1nccn1CC. The van der Waals surface area contributed by atoms with Crippen LogP contribution in [-0.2, 0) is 17.7 Å². The van der Waals surface area contributed by atoms with Crippen molar-refractivity contribution in [2.75, 3.05) is 20.3 Å². The highest BCUT2D eigenvalue weighted by atomic mass is 16.5. The molecule has 98 valence electrons. The van der Waals surface area contributed by atoms with E-state index >= 15 is 0 Å². The number of nitrogens with one attached hydrogen (secondary N) is 1. The van der Waals surface area contributed by atoms with Gasteiger partial charge in [-0.25, -0.2) is 4.98 Å². The minimum absolute atomic E-state index is 0.503. The zero-order chi connectivity index (χ0) is 12.5. The lowest BCUT2D eigenvalue weighted by atomic mass is 10.1. The van der Waals surface area contributed by atoms with Crippen molar-refractivity contribution < 1.29 is 4.74 Å². The maximum atomic E-state index is 5.10. The van der Waals surface area contributed by atoms with Gasteiger partial charge in [-0.1, -0.05) is 6.92 Å². The highest BCUT2D eigenvalue weighted by Crippen LogP contribution is 2.07. The summed E-state index contributed by atoms with van der Waals surface area (Å²) in [4.78, 5) is 4.43. The number of nitrogens with zero attached hydrogens (tertiary/aromatic N) is 2. The molecular formula is C13H25N3O. The van der Waals surface area contributed by atoms with E-state index in [-0.39, 0.29) is 0 Å². The number of likely N-dealkylation sites (N-methyl/N-ethyl adjacent to an activating group) is 1. The molecule has 4 heteroatoms. The molecule has 1 aromatic rings. The molecular weight excluding hydrogens is 214 g/mol. The van der Waals surface area contributed by atoms with E-state index in [9.17, 15) is 0 Å². The van der Waals surface area contributed by atoms with Crippen molar-refractivity contribution in [1.82, 2.24) is 14.9 Å².